The average molecular weight is 354 g/mol. The van der Waals surface area contributed by atoms with E-state index in [9.17, 15) is 9.59 Å². The first kappa shape index (κ1) is 16.0. The highest BCUT2D eigenvalue weighted by Gasteiger charge is 2.32. The third-order valence-electron chi connectivity index (χ3n) is 4.00. The van der Waals surface area contributed by atoms with Crippen LogP contribution in [0.1, 0.15) is 31.2 Å². The zero-order chi connectivity index (χ0) is 15.4. The number of carbonyl (C=O) groups excluding carboxylic acids is 2. The maximum atomic E-state index is 12.3. The molecule has 0 N–H and O–H groups in total. The lowest BCUT2D eigenvalue weighted by Gasteiger charge is -2.19. The zero-order valence-electron chi connectivity index (χ0n) is 12.3. The number of hydrogen-bond donors (Lipinski definition) is 0. The van der Waals surface area contributed by atoms with Crippen LogP contribution in [0.4, 0.5) is 0 Å². The maximum Gasteiger partial charge on any atom is 0.310 e. The quantitative estimate of drug-likeness (QED) is 0.781. The van der Waals surface area contributed by atoms with Crippen LogP contribution in [0, 0.1) is 5.92 Å². The minimum absolute atomic E-state index is 0.108. The standard InChI is InChI=1S/C16H20BrNO3/c1-11(12-3-5-14(17)6-4-12)9-15(19)18-8-7-13(10-18)16(20)21-2/h3-6,11,13H,7-10H2,1-2H3. The van der Waals surface area contributed by atoms with E-state index in [0.717, 1.165) is 10.0 Å². The average Bonchev–Trinajstić information content (AvgIpc) is 2.97. The van der Waals surface area contributed by atoms with E-state index in [1.807, 2.05) is 24.3 Å². The van der Waals surface area contributed by atoms with Crippen molar-refractivity contribution in [3.8, 4) is 0 Å². The smallest absolute Gasteiger partial charge is 0.310 e. The van der Waals surface area contributed by atoms with E-state index in [4.69, 9.17) is 4.74 Å². The van der Waals surface area contributed by atoms with E-state index >= 15 is 0 Å². The molecule has 0 bridgehead atoms. The molecule has 4 nitrogen and oxygen atoms in total. The van der Waals surface area contributed by atoms with E-state index in [1.165, 1.54) is 7.11 Å². The van der Waals surface area contributed by atoms with Crippen molar-refractivity contribution in [3.63, 3.8) is 0 Å². The molecule has 21 heavy (non-hydrogen) atoms. The van der Waals surface area contributed by atoms with E-state index in [0.29, 0.717) is 25.9 Å². The van der Waals surface area contributed by atoms with Gasteiger partial charge in [0.15, 0.2) is 0 Å². The molecule has 114 valence electrons. The summed E-state index contributed by atoms with van der Waals surface area (Å²) in [4.78, 5) is 25.6. The van der Waals surface area contributed by atoms with Gasteiger partial charge in [0.25, 0.3) is 0 Å². The molecule has 1 fully saturated rings. The zero-order valence-corrected chi connectivity index (χ0v) is 13.9. The number of amides is 1. The fourth-order valence-electron chi connectivity index (χ4n) is 2.65. The Labute approximate surface area is 133 Å². The van der Waals surface area contributed by atoms with Gasteiger partial charge in [-0.05, 0) is 30.0 Å². The molecule has 0 spiro atoms. The number of esters is 1. The summed E-state index contributed by atoms with van der Waals surface area (Å²) in [6.07, 6.45) is 1.17. The second kappa shape index (κ2) is 7.07. The number of rotatable bonds is 4. The summed E-state index contributed by atoms with van der Waals surface area (Å²) in [7, 11) is 1.39. The van der Waals surface area contributed by atoms with Crippen molar-refractivity contribution >= 4 is 27.8 Å². The van der Waals surface area contributed by atoms with Gasteiger partial charge in [-0.1, -0.05) is 35.0 Å². The molecule has 1 aliphatic rings. The number of carbonyl (C=O) groups is 2. The highest BCUT2D eigenvalue weighted by molar-refractivity contribution is 9.10. The normalized spacial score (nSPS) is 19.4. The minimum atomic E-state index is -0.216. The molecular weight excluding hydrogens is 334 g/mol. The fraction of sp³-hybridized carbons (Fsp3) is 0.500. The van der Waals surface area contributed by atoms with Crippen LogP contribution in [0.25, 0.3) is 0 Å². The summed E-state index contributed by atoms with van der Waals surface area (Å²) in [5.74, 6) is -0.104. The molecule has 1 aromatic carbocycles. The number of nitrogens with zero attached hydrogens (tertiary/aromatic N) is 1. The van der Waals surface area contributed by atoms with E-state index in [1.54, 1.807) is 4.90 Å². The number of halogens is 1. The first-order valence-electron chi connectivity index (χ1n) is 7.12. The molecule has 5 heteroatoms. The van der Waals surface area contributed by atoms with Gasteiger partial charge in [-0.3, -0.25) is 9.59 Å². The molecule has 0 radical (unpaired) electrons. The van der Waals surface area contributed by atoms with Crippen molar-refractivity contribution in [1.29, 1.82) is 0 Å². The molecule has 0 aliphatic carbocycles. The summed E-state index contributed by atoms with van der Waals surface area (Å²) in [5.41, 5.74) is 1.15. The Morgan fingerprint density at radius 2 is 2.05 bits per heavy atom. The van der Waals surface area contributed by atoms with Crippen LogP contribution in [0.3, 0.4) is 0 Å². The number of likely N-dealkylation sites (tertiary alicyclic amines) is 1. The molecule has 2 atom stereocenters. The van der Waals surface area contributed by atoms with Gasteiger partial charge in [-0.25, -0.2) is 0 Å². The van der Waals surface area contributed by atoms with Gasteiger partial charge in [0.05, 0.1) is 13.0 Å². The second-order valence-corrected chi connectivity index (χ2v) is 6.42. The number of ether oxygens (including phenoxy) is 1. The van der Waals surface area contributed by atoms with Gasteiger partial charge in [0, 0.05) is 24.0 Å². The number of hydrogen-bond acceptors (Lipinski definition) is 3. The Morgan fingerprint density at radius 3 is 2.67 bits per heavy atom. The van der Waals surface area contributed by atoms with Gasteiger partial charge in [0.2, 0.25) is 5.91 Å². The summed E-state index contributed by atoms with van der Waals surface area (Å²) in [5, 5.41) is 0. The van der Waals surface area contributed by atoms with Crippen LogP contribution in [0.5, 0.6) is 0 Å². The van der Waals surface area contributed by atoms with Crippen LogP contribution in [-0.4, -0.2) is 37.0 Å². The van der Waals surface area contributed by atoms with Crippen molar-refractivity contribution < 1.29 is 14.3 Å². The first-order chi connectivity index (χ1) is 10.0. The summed E-state index contributed by atoms with van der Waals surface area (Å²) in [6.45, 7) is 3.18. The SMILES string of the molecule is COC(=O)C1CCN(C(=O)CC(C)c2ccc(Br)cc2)C1. The predicted molar refractivity (Wildman–Crippen MR) is 83.9 cm³/mol. The largest absolute Gasteiger partial charge is 0.469 e. The third kappa shape index (κ3) is 4.06. The molecule has 0 aromatic heterocycles. The highest BCUT2D eigenvalue weighted by Crippen LogP contribution is 2.24. The van der Waals surface area contributed by atoms with Crippen LogP contribution >= 0.6 is 15.9 Å². The molecule has 1 aliphatic heterocycles. The number of methoxy groups -OCH3 is 1. The molecular formula is C16H20BrNO3. The predicted octanol–water partition coefficient (Wildman–Crippen LogP) is 2.96. The van der Waals surface area contributed by atoms with Crippen LogP contribution in [0.15, 0.2) is 28.7 Å². The number of benzene rings is 1. The lowest BCUT2D eigenvalue weighted by Crippen LogP contribution is -2.30. The van der Waals surface area contributed by atoms with Crippen molar-refractivity contribution in [3.05, 3.63) is 34.3 Å². The fourth-order valence-corrected chi connectivity index (χ4v) is 2.91. The molecule has 1 heterocycles. The van der Waals surface area contributed by atoms with Gasteiger partial charge >= 0.3 is 5.97 Å². The highest BCUT2D eigenvalue weighted by atomic mass is 79.9. The topological polar surface area (TPSA) is 46.6 Å². The van der Waals surface area contributed by atoms with Gasteiger partial charge in [-0.15, -0.1) is 0 Å². The van der Waals surface area contributed by atoms with Crippen molar-refractivity contribution in [2.24, 2.45) is 5.92 Å². The maximum absolute atomic E-state index is 12.3. The summed E-state index contributed by atoms with van der Waals surface area (Å²) >= 11 is 3.41. The molecule has 2 unspecified atom stereocenters. The van der Waals surface area contributed by atoms with Crippen LogP contribution in [0.2, 0.25) is 0 Å². The Kier molecular flexibility index (Phi) is 5.39. The third-order valence-corrected chi connectivity index (χ3v) is 4.52. The summed E-state index contributed by atoms with van der Waals surface area (Å²) < 4.78 is 5.78. The molecule has 1 saturated heterocycles. The van der Waals surface area contributed by atoms with Crippen molar-refractivity contribution in [1.82, 2.24) is 4.90 Å². The van der Waals surface area contributed by atoms with Crippen LogP contribution < -0.4 is 0 Å². The van der Waals surface area contributed by atoms with Gasteiger partial charge in [-0.2, -0.15) is 0 Å². The Bertz CT molecular complexity index is 515. The van der Waals surface area contributed by atoms with Gasteiger partial charge in [0.1, 0.15) is 0 Å². The molecule has 2 rings (SSSR count). The first-order valence-corrected chi connectivity index (χ1v) is 7.91. The van der Waals surface area contributed by atoms with Crippen molar-refractivity contribution in [2.45, 2.75) is 25.7 Å². The minimum Gasteiger partial charge on any atom is -0.469 e. The van der Waals surface area contributed by atoms with Gasteiger partial charge < -0.3 is 9.64 Å². The Balaban J connectivity index is 1.90. The Hall–Kier alpha value is -1.36. The van der Waals surface area contributed by atoms with E-state index < -0.39 is 0 Å². The molecule has 0 saturated carbocycles. The molecule has 1 amide bonds. The van der Waals surface area contributed by atoms with Crippen LogP contribution in [-0.2, 0) is 14.3 Å². The van der Waals surface area contributed by atoms with E-state index in [-0.39, 0.29) is 23.7 Å². The lowest BCUT2D eigenvalue weighted by molar-refractivity contribution is -0.145. The van der Waals surface area contributed by atoms with E-state index in [2.05, 4.69) is 22.9 Å². The second-order valence-electron chi connectivity index (χ2n) is 5.51. The Morgan fingerprint density at radius 1 is 1.38 bits per heavy atom. The lowest BCUT2D eigenvalue weighted by atomic mass is 9.97. The van der Waals surface area contributed by atoms with Crippen molar-refractivity contribution in [2.75, 3.05) is 20.2 Å². The summed E-state index contributed by atoms with van der Waals surface area (Å²) in [6, 6.07) is 8.03. The monoisotopic (exact) mass is 353 g/mol. The molecule has 1 aromatic rings.